The molecular weight excluding hydrogens is 594 g/mol. The molecule has 0 bridgehead atoms. The first-order chi connectivity index (χ1) is 23.4. The molecule has 256 valence electrons. The van der Waals surface area contributed by atoms with Gasteiger partial charge in [0, 0.05) is 19.6 Å². The van der Waals surface area contributed by atoms with Gasteiger partial charge >= 0.3 is 0 Å². The Hall–Kier alpha value is -3.61. The van der Waals surface area contributed by atoms with E-state index in [1.165, 1.54) is 62.7 Å². The highest BCUT2D eigenvalue weighted by Crippen LogP contribution is 2.44. The summed E-state index contributed by atoms with van der Waals surface area (Å²) < 4.78 is 0. The number of amides is 2. The van der Waals surface area contributed by atoms with Crippen LogP contribution < -0.4 is 0 Å². The molecule has 2 aliphatic rings. The van der Waals surface area contributed by atoms with Gasteiger partial charge in [0.15, 0.2) is 0 Å². The number of benzene rings is 3. The van der Waals surface area contributed by atoms with Crippen molar-refractivity contribution >= 4 is 17.6 Å². The predicted molar refractivity (Wildman–Crippen MR) is 194 cm³/mol. The fraction of sp³-hybridized carbons (Fsp3) is 0.500. The Morgan fingerprint density at radius 3 is 1.67 bits per heavy atom. The van der Waals surface area contributed by atoms with Crippen LogP contribution in [0.3, 0.4) is 0 Å². The Morgan fingerprint density at radius 1 is 0.667 bits per heavy atom. The van der Waals surface area contributed by atoms with Crippen LogP contribution in [0, 0.1) is 5.92 Å². The first-order valence-electron chi connectivity index (χ1n) is 18.4. The molecule has 0 radical (unpaired) electrons. The summed E-state index contributed by atoms with van der Waals surface area (Å²) in [5.41, 5.74) is 2.72. The van der Waals surface area contributed by atoms with E-state index in [0.29, 0.717) is 24.2 Å². The van der Waals surface area contributed by atoms with Gasteiger partial charge in [-0.15, -0.1) is 0 Å². The standard InChI is InChI=1S/C42H55N3O3/c1-34(46)42(35-21-13-11-14-22-35,36-23-15-12-16-24-36)37-27-30-44(33-37)29-20-10-8-6-4-3-5-7-9-19-28-43(2)31-32-45-40(47)38-25-17-18-26-39(38)41(45)48/h11-18,21-26,37H,3-10,19-20,27-33H2,1-2H3. The van der Waals surface area contributed by atoms with E-state index in [1.807, 2.05) is 24.3 Å². The number of likely N-dealkylation sites (tertiary alicyclic amines) is 1. The summed E-state index contributed by atoms with van der Waals surface area (Å²) in [5, 5.41) is 0. The highest BCUT2D eigenvalue weighted by Gasteiger charge is 2.48. The molecule has 0 N–H and O–H groups in total. The van der Waals surface area contributed by atoms with Crippen LogP contribution in [0.1, 0.15) is 109 Å². The Morgan fingerprint density at radius 2 is 1.15 bits per heavy atom. The molecule has 1 fully saturated rings. The summed E-state index contributed by atoms with van der Waals surface area (Å²) in [6, 6.07) is 28.0. The highest BCUT2D eigenvalue weighted by molar-refractivity contribution is 6.21. The van der Waals surface area contributed by atoms with E-state index in [0.717, 1.165) is 50.1 Å². The van der Waals surface area contributed by atoms with Crippen LogP contribution in [0.15, 0.2) is 84.9 Å². The minimum atomic E-state index is -0.586. The highest BCUT2D eigenvalue weighted by atomic mass is 16.2. The number of hydrogen-bond acceptors (Lipinski definition) is 5. The van der Waals surface area contributed by atoms with E-state index in [2.05, 4.69) is 65.4 Å². The van der Waals surface area contributed by atoms with Gasteiger partial charge in [-0.3, -0.25) is 19.3 Å². The first-order valence-corrected chi connectivity index (χ1v) is 18.4. The monoisotopic (exact) mass is 649 g/mol. The van der Waals surface area contributed by atoms with Gasteiger partial charge in [-0.2, -0.15) is 0 Å². The molecule has 2 amide bonds. The zero-order valence-corrected chi connectivity index (χ0v) is 29.2. The molecule has 3 aromatic carbocycles. The molecule has 1 unspecified atom stereocenters. The van der Waals surface area contributed by atoms with Crippen LogP contribution in [-0.4, -0.2) is 78.6 Å². The van der Waals surface area contributed by atoms with Crippen LogP contribution in [-0.2, 0) is 10.2 Å². The van der Waals surface area contributed by atoms with Gasteiger partial charge in [-0.05, 0) is 82.0 Å². The maximum atomic E-state index is 13.5. The number of fused-ring (bicyclic) bond motifs is 1. The number of carbonyl (C=O) groups excluding carboxylic acids is 3. The third-order valence-corrected chi connectivity index (χ3v) is 10.7. The van der Waals surface area contributed by atoms with Crippen LogP contribution in [0.25, 0.3) is 0 Å². The lowest BCUT2D eigenvalue weighted by molar-refractivity contribution is -0.122. The Kier molecular flexibility index (Phi) is 13.2. The minimum Gasteiger partial charge on any atom is -0.305 e. The quantitative estimate of drug-likeness (QED) is 0.0917. The van der Waals surface area contributed by atoms with Crippen LogP contribution >= 0.6 is 0 Å². The third-order valence-electron chi connectivity index (χ3n) is 10.7. The molecular formula is C42H55N3O3. The number of ketones is 1. The number of nitrogens with zero attached hydrogens (tertiary/aromatic N) is 3. The summed E-state index contributed by atoms with van der Waals surface area (Å²) in [5.74, 6) is 0.203. The summed E-state index contributed by atoms with van der Waals surface area (Å²) in [6.45, 7) is 7.12. The average Bonchev–Trinajstić information content (AvgIpc) is 3.67. The second kappa shape index (κ2) is 17.7. The molecule has 0 aromatic heterocycles. The van der Waals surface area contributed by atoms with Gasteiger partial charge in [-0.25, -0.2) is 0 Å². The summed E-state index contributed by atoms with van der Waals surface area (Å²) in [7, 11) is 2.08. The normalized spacial score (nSPS) is 16.6. The number of likely N-dealkylation sites (N-methyl/N-ethyl adjacent to an activating group) is 1. The van der Waals surface area contributed by atoms with E-state index >= 15 is 0 Å². The zero-order valence-electron chi connectivity index (χ0n) is 29.2. The lowest BCUT2D eigenvalue weighted by atomic mass is 9.63. The van der Waals surface area contributed by atoms with E-state index in [-0.39, 0.29) is 23.5 Å². The maximum Gasteiger partial charge on any atom is 0.261 e. The Bertz CT molecular complexity index is 1400. The molecule has 0 aliphatic carbocycles. The number of unbranched alkanes of at least 4 members (excludes halogenated alkanes) is 9. The van der Waals surface area contributed by atoms with Crippen molar-refractivity contribution in [2.45, 2.75) is 83.0 Å². The number of hydrogen-bond donors (Lipinski definition) is 0. The van der Waals surface area contributed by atoms with Gasteiger partial charge in [0.25, 0.3) is 11.8 Å². The molecule has 2 heterocycles. The molecule has 6 heteroatoms. The molecule has 1 atom stereocenters. The van der Waals surface area contributed by atoms with Crippen molar-refractivity contribution in [1.82, 2.24) is 14.7 Å². The summed E-state index contributed by atoms with van der Waals surface area (Å²) in [4.78, 5) is 44.8. The zero-order chi connectivity index (χ0) is 33.8. The Balaban J connectivity index is 0.904. The van der Waals surface area contributed by atoms with Gasteiger partial charge in [-0.1, -0.05) is 124 Å². The first kappa shape index (κ1) is 35.7. The number of Topliss-reactive ketones (excluding diaryl/α,β-unsaturated/α-hetero) is 1. The fourth-order valence-corrected chi connectivity index (χ4v) is 8.08. The lowest BCUT2D eigenvalue weighted by Crippen LogP contribution is -2.44. The largest absolute Gasteiger partial charge is 0.305 e. The van der Waals surface area contributed by atoms with Crippen molar-refractivity contribution in [3.63, 3.8) is 0 Å². The average molecular weight is 650 g/mol. The van der Waals surface area contributed by atoms with Gasteiger partial charge in [0.2, 0.25) is 0 Å². The molecule has 2 aliphatic heterocycles. The smallest absolute Gasteiger partial charge is 0.261 e. The van der Waals surface area contributed by atoms with Crippen LogP contribution in [0.2, 0.25) is 0 Å². The molecule has 6 nitrogen and oxygen atoms in total. The molecule has 3 aromatic rings. The number of imide groups is 1. The van der Waals surface area contributed by atoms with Crippen LogP contribution in [0.4, 0.5) is 0 Å². The molecule has 0 saturated carbocycles. The van der Waals surface area contributed by atoms with E-state index < -0.39 is 5.41 Å². The second-order valence-corrected chi connectivity index (χ2v) is 14.0. The topological polar surface area (TPSA) is 60.9 Å². The van der Waals surface area contributed by atoms with Crippen molar-refractivity contribution in [3.8, 4) is 0 Å². The van der Waals surface area contributed by atoms with E-state index in [1.54, 1.807) is 19.1 Å². The molecule has 5 rings (SSSR count). The minimum absolute atomic E-state index is 0.163. The molecule has 0 spiro atoms. The molecule has 1 saturated heterocycles. The number of carbonyl (C=O) groups is 3. The van der Waals surface area contributed by atoms with Crippen molar-refractivity contribution in [2.75, 3.05) is 46.3 Å². The predicted octanol–water partition coefficient (Wildman–Crippen LogP) is 8.01. The maximum absolute atomic E-state index is 13.5. The number of rotatable bonds is 20. The van der Waals surface area contributed by atoms with Gasteiger partial charge in [0.05, 0.1) is 16.5 Å². The van der Waals surface area contributed by atoms with Gasteiger partial charge in [0.1, 0.15) is 5.78 Å². The van der Waals surface area contributed by atoms with Crippen molar-refractivity contribution < 1.29 is 14.4 Å². The third kappa shape index (κ3) is 8.51. The van der Waals surface area contributed by atoms with Gasteiger partial charge < -0.3 is 9.80 Å². The van der Waals surface area contributed by atoms with Crippen LogP contribution in [0.5, 0.6) is 0 Å². The SMILES string of the molecule is CC(=O)C(c1ccccc1)(c1ccccc1)C1CCN(CCCCCCCCCCCCN(C)CCN2C(=O)c3ccccc3C2=O)C1. The van der Waals surface area contributed by atoms with E-state index in [4.69, 9.17) is 0 Å². The lowest BCUT2D eigenvalue weighted by Gasteiger charge is -2.38. The van der Waals surface area contributed by atoms with Crippen molar-refractivity contribution in [1.29, 1.82) is 0 Å². The Labute approximate surface area is 288 Å². The van der Waals surface area contributed by atoms with Crippen molar-refractivity contribution in [3.05, 3.63) is 107 Å². The second-order valence-electron chi connectivity index (χ2n) is 14.0. The molecule has 48 heavy (non-hydrogen) atoms. The fourth-order valence-electron chi connectivity index (χ4n) is 8.08. The van der Waals surface area contributed by atoms with Crippen molar-refractivity contribution in [2.24, 2.45) is 5.92 Å². The van der Waals surface area contributed by atoms with E-state index in [9.17, 15) is 14.4 Å². The summed E-state index contributed by atoms with van der Waals surface area (Å²) >= 11 is 0. The summed E-state index contributed by atoms with van der Waals surface area (Å²) in [6.07, 6.45) is 13.8.